The molecule has 0 bridgehead atoms. The van der Waals surface area contributed by atoms with Crippen LogP contribution in [0.3, 0.4) is 0 Å². The summed E-state index contributed by atoms with van der Waals surface area (Å²) in [6, 6.07) is 11.8. The Hall–Kier alpha value is -2.88. The van der Waals surface area contributed by atoms with Crippen molar-refractivity contribution < 1.29 is 4.79 Å². The number of aromatic amines is 1. The zero-order chi connectivity index (χ0) is 13.5. The van der Waals surface area contributed by atoms with Gasteiger partial charge in [0.25, 0.3) is 5.91 Å². The van der Waals surface area contributed by atoms with Gasteiger partial charge >= 0.3 is 0 Å². The number of benzene rings is 1. The van der Waals surface area contributed by atoms with E-state index in [1.807, 2.05) is 48.7 Å². The molecule has 0 spiro atoms. The first-order valence-corrected chi connectivity index (χ1v) is 6.37. The molecule has 0 aliphatic carbocycles. The monoisotopic (exact) mass is 261 g/mol. The Labute approximate surface area is 115 Å². The van der Waals surface area contributed by atoms with Gasteiger partial charge in [-0.25, -0.2) is 4.98 Å². The molecule has 96 valence electrons. The second kappa shape index (κ2) is 4.06. The van der Waals surface area contributed by atoms with Gasteiger partial charge in [0.1, 0.15) is 5.82 Å². The van der Waals surface area contributed by atoms with E-state index < -0.39 is 0 Å². The summed E-state index contributed by atoms with van der Waals surface area (Å²) < 4.78 is 0. The van der Waals surface area contributed by atoms with Crippen molar-refractivity contribution in [3.05, 3.63) is 59.9 Å². The number of para-hydroxylation sites is 1. The van der Waals surface area contributed by atoms with Crippen molar-refractivity contribution in [2.45, 2.75) is 0 Å². The van der Waals surface area contributed by atoms with Crippen LogP contribution in [0.5, 0.6) is 0 Å². The summed E-state index contributed by atoms with van der Waals surface area (Å²) in [5.41, 5.74) is 3.56. The largest absolute Gasteiger partial charge is 0.361 e. The highest BCUT2D eigenvalue weighted by atomic mass is 16.2. The highest BCUT2D eigenvalue weighted by Gasteiger charge is 2.24. The van der Waals surface area contributed by atoms with Crippen LogP contribution >= 0.6 is 0 Å². The summed E-state index contributed by atoms with van der Waals surface area (Å²) in [5, 5.41) is 3.88. The van der Waals surface area contributed by atoms with E-state index in [0.29, 0.717) is 11.4 Å². The summed E-state index contributed by atoms with van der Waals surface area (Å²) in [5.74, 6) is 0.521. The van der Waals surface area contributed by atoms with E-state index in [0.717, 1.165) is 22.0 Å². The number of hydrogen-bond donors (Lipinski definition) is 2. The van der Waals surface area contributed by atoms with E-state index in [1.54, 1.807) is 6.20 Å². The molecule has 0 saturated heterocycles. The van der Waals surface area contributed by atoms with E-state index in [9.17, 15) is 4.79 Å². The number of hydrogen-bond acceptors (Lipinski definition) is 2. The molecule has 0 saturated carbocycles. The minimum atomic E-state index is -0.107. The molecule has 0 unspecified atom stereocenters. The van der Waals surface area contributed by atoms with Crippen LogP contribution in [-0.4, -0.2) is 15.9 Å². The van der Waals surface area contributed by atoms with Crippen molar-refractivity contribution >= 4 is 34.3 Å². The van der Waals surface area contributed by atoms with Gasteiger partial charge in [-0.05, 0) is 24.3 Å². The highest BCUT2D eigenvalue weighted by molar-refractivity contribution is 6.34. The molecule has 1 aliphatic heterocycles. The van der Waals surface area contributed by atoms with Crippen molar-refractivity contribution in [3.8, 4) is 0 Å². The number of carbonyl (C=O) groups is 1. The first-order chi connectivity index (χ1) is 9.83. The number of carbonyl (C=O) groups excluding carboxylic acids is 1. The van der Waals surface area contributed by atoms with E-state index in [1.165, 1.54) is 0 Å². The lowest BCUT2D eigenvalue weighted by Crippen LogP contribution is -2.04. The Morgan fingerprint density at radius 3 is 2.95 bits per heavy atom. The molecule has 0 radical (unpaired) electrons. The minimum absolute atomic E-state index is 0.107. The average molecular weight is 261 g/mol. The van der Waals surface area contributed by atoms with Crippen LogP contribution in [0, 0.1) is 0 Å². The lowest BCUT2D eigenvalue weighted by molar-refractivity contribution is -0.110. The van der Waals surface area contributed by atoms with Gasteiger partial charge in [0.05, 0.1) is 5.57 Å². The van der Waals surface area contributed by atoms with Crippen molar-refractivity contribution in [1.29, 1.82) is 0 Å². The fourth-order valence-electron chi connectivity index (χ4n) is 2.53. The fourth-order valence-corrected chi connectivity index (χ4v) is 2.53. The van der Waals surface area contributed by atoms with Gasteiger partial charge in [-0.3, -0.25) is 4.79 Å². The Morgan fingerprint density at radius 1 is 1.10 bits per heavy atom. The molecule has 1 aliphatic rings. The third kappa shape index (κ3) is 1.55. The van der Waals surface area contributed by atoms with E-state index >= 15 is 0 Å². The number of pyridine rings is 1. The highest BCUT2D eigenvalue weighted by Crippen LogP contribution is 2.32. The van der Waals surface area contributed by atoms with E-state index in [-0.39, 0.29) is 5.91 Å². The molecule has 1 amide bonds. The average Bonchev–Trinajstić information content (AvgIpc) is 3.02. The van der Waals surface area contributed by atoms with Gasteiger partial charge in [0.15, 0.2) is 0 Å². The second-order valence-corrected chi connectivity index (χ2v) is 4.70. The number of fused-ring (bicyclic) bond motifs is 2. The molecule has 3 aromatic rings. The molecule has 0 atom stereocenters. The number of amides is 1. The summed E-state index contributed by atoms with van der Waals surface area (Å²) in [7, 11) is 0. The van der Waals surface area contributed by atoms with Gasteiger partial charge in [-0.2, -0.15) is 0 Å². The summed E-state index contributed by atoms with van der Waals surface area (Å²) >= 11 is 0. The number of nitrogens with zero attached hydrogens (tertiary/aromatic N) is 1. The van der Waals surface area contributed by atoms with Crippen molar-refractivity contribution in [3.63, 3.8) is 0 Å². The molecule has 20 heavy (non-hydrogen) atoms. The molecule has 3 heterocycles. The maximum absolute atomic E-state index is 12.1. The third-order valence-corrected chi connectivity index (χ3v) is 3.50. The van der Waals surface area contributed by atoms with Crippen LogP contribution in [-0.2, 0) is 4.79 Å². The van der Waals surface area contributed by atoms with Crippen LogP contribution in [0.2, 0.25) is 0 Å². The number of nitrogens with one attached hydrogen (secondary N) is 2. The molecule has 4 rings (SSSR count). The maximum atomic E-state index is 12.1. The van der Waals surface area contributed by atoms with Crippen LogP contribution in [0.1, 0.15) is 11.1 Å². The van der Waals surface area contributed by atoms with Gasteiger partial charge in [0, 0.05) is 34.4 Å². The zero-order valence-electron chi connectivity index (χ0n) is 10.6. The maximum Gasteiger partial charge on any atom is 0.257 e. The lowest BCUT2D eigenvalue weighted by atomic mass is 10.1. The molecule has 4 nitrogen and oxygen atoms in total. The standard InChI is InChI=1S/C16H11N3O/c20-16-13(12-5-3-7-17-15(12)19-16)8-10-9-18-14-6-2-1-4-11(10)14/h1-9,18H,(H,17,19,20)/b13-8-. The number of rotatable bonds is 1. The smallest absolute Gasteiger partial charge is 0.257 e. The Kier molecular flexibility index (Phi) is 2.23. The molecule has 1 aromatic carbocycles. The molecule has 2 aromatic heterocycles. The van der Waals surface area contributed by atoms with E-state index in [2.05, 4.69) is 15.3 Å². The number of aromatic nitrogens is 2. The molecular formula is C16H11N3O. The normalized spacial score (nSPS) is 15.6. The van der Waals surface area contributed by atoms with Gasteiger partial charge in [0.2, 0.25) is 0 Å². The Morgan fingerprint density at radius 2 is 2.00 bits per heavy atom. The van der Waals surface area contributed by atoms with Crippen LogP contribution in [0.4, 0.5) is 5.82 Å². The summed E-state index contributed by atoms with van der Waals surface area (Å²) in [6.45, 7) is 0. The van der Waals surface area contributed by atoms with Gasteiger partial charge in [-0.1, -0.05) is 18.2 Å². The van der Waals surface area contributed by atoms with Gasteiger partial charge < -0.3 is 10.3 Å². The molecular weight excluding hydrogens is 250 g/mol. The Bertz CT molecular complexity index is 861. The lowest BCUT2D eigenvalue weighted by Gasteiger charge is -1.96. The van der Waals surface area contributed by atoms with Crippen molar-refractivity contribution in [2.75, 3.05) is 5.32 Å². The summed E-state index contributed by atoms with van der Waals surface area (Å²) in [6.07, 6.45) is 5.49. The number of H-pyrrole nitrogens is 1. The van der Waals surface area contributed by atoms with E-state index in [4.69, 9.17) is 0 Å². The first kappa shape index (κ1) is 11.0. The van der Waals surface area contributed by atoms with Crippen LogP contribution < -0.4 is 5.32 Å². The SMILES string of the molecule is O=C1Nc2ncccc2/C1=C/c1c[nH]c2ccccc12. The third-order valence-electron chi connectivity index (χ3n) is 3.50. The Balaban J connectivity index is 1.90. The summed E-state index contributed by atoms with van der Waals surface area (Å²) in [4.78, 5) is 19.4. The van der Waals surface area contributed by atoms with Crippen LogP contribution in [0.15, 0.2) is 48.8 Å². The predicted molar refractivity (Wildman–Crippen MR) is 79.0 cm³/mol. The minimum Gasteiger partial charge on any atom is -0.361 e. The predicted octanol–water partition coefficient (Wildman–Crippen LogP) is 3.06. The topological polar surface area (TPSA) is 57.8 Å². The fraction of sp³-hybridized carbons (Fsp3) is 0. The molecule has 4 heteroatoms. The second-order valence-electron chi connectivity index (χ2n) is 4.70. The van der Waals surface area contributed by atoms with Crippen molar-refractivity contribution in [1.82, 2.24) is 9.97 Å². The zero-order valence-corrected chi connectivity index (χ0v) is 10.6. The number of anilines is 1. The van der Waals surface area contributed by atoms with Crippen molar-refractivity contribution in [2.24, 2.45) is 0 Å². The molecule has 0 fully saturated rings. The van der Waals surface area contributed by atoms with Crippen LogP contribution in [0.25, 0.3) is 22.6 Å². The quantitative estimate of drug-likeness (QED) is 0.661. The first-order valence-electron chi connectivity index (χ1n) is 6.37. The van der Waals surface area contributed by atoms with Gasteiger partial charge in [-0.15, -0.1) is 0 Å². The molecule has 2 N–H and O–H groups in total.